The average Bonchev–Trinajstić information content (AvgIpc) is 2.66. The molecule has 0 aliphatic heterocycles. The fourth-order valence-corrected chi connectivity index (χ4v) is 2.81. The lowest BCUT2D eigenvalue weighted by Crippen LogP contribution is -2.27. The molecule has 2 aromatic carbocycles. The summed E-state index contributed by atoms with van der Waals surface area (Å²) < 4.78 is 21.3. The van der Waals surface area contributed by atoms with E-state index in [2.05, 4.69) is 5.32 Å². The summed E-state index contributed by atoms with van der Waals surface area (Å²) in [4.78, 5) is 11.7. The van der Waals surface area contributed by atoms with Crippen LogP contribution in [0.2, 0.25) is 0 Å². The molecule has 6 nitrogen and oxygen atoms in total. The molecule has 0 saturated carbocycles. The maximum atomic E-state index is 11.7. The van der Waals surface area contributed by atoms with Crippen molar-refractivity contribution in [2.45, 2.75) is 19.4 Å². The monoisotopic (exact) mass is 359 g/mol. The molecule has 2 aromatic rings. The van der Waals surface area contributed by atoms with Crippen molar-refractivity contribution in [3.63, 3.8) is 0 Å². The zero-order valence-electron chi connectivity index (χ0n) is 15.8. The molecular formula is C20H25NO5. The summed E-state index contributed by atoms with van der Waals surface area (Å²) in [5.74, 6) is 2.47. The highest BCUT2D eigenvalue weighted by Crippen LogP contribution is 2.33. The number of nitrogens with one attached hydrogen (secondary N) is 1. The topological polar surface area (TPSA) is 66.0 Å². The summed E-state index contributed by atoms with van der Waals surface area (Å²) in [5, 5.41) is 2.99. The Morgan fingerprint density at radius 1 is 0.846 bits per heavy atom. The number of amides is 1. The molecule has 0 aliphatic carbocycles. The lowest BCUT2D eigenvalue weighted by Gasteiger charge is -2.20. The van der Waals surface area contributed by atoms with Gasteiger partial charge in [0.25, 0.3) is 0 Å². The summed E-state index contributed by atoms with van der Waals surface area (Å²) in [7, 11) is 6.37. The Balaban J connectivity index is 2.35. The van der Waals surface area contributed by atoms with E-state index in [1.807, 2.05) is 36.4 Å². The first-order valence-electron chi connectivity index (χ1n) is 8.22. The number of ether oxygens (including phenoxy) is 4. The summed E-state index contributed by atoms with van der Waals surface area (Å²) in [6.45, 7) is 1.50. The van der Waals surface area contributed by atoms with Crippen LogP contribution in [0.3, 0.4) is 0 Å². The van der Waals surface area contributed by atoms with E-state index in [9.17, 15) is 4.79 Å². The summed E-state index contributed by atoms with van der Waals surface area (Å²) in [5.41, 5.74) is 1.93. The fraction of sp³-hybridized carbons (Fsp3) is 0.350. The van der Waals surface area contributed by atoms with Crippen LogP contribution in [0, 0.1) is 0 Å². The molecule has 0 radical (unpaired) electrons. The SMILES string of the molecule is COc1ccc(C[C@H](NC(C)=O)c2ccc(OC)c(OC)c2)cc1OC. The average molecular weight is 359 g/mol. The molecule has 26 heavy (non-hydrogen) atoms. The third-order valence-corrected chi connectivity index (χ3v) is 4.08. The molecule has 1 amide bonds. The van der Waals surface area contributed by atoms with E-state index in [-0.39, 0.29) is 11.9 Å². The number of carbonyl (C=O) groups is 1. The third kappa shape index (κ3) is 4.59. The summed E-state index contributed by atoms with van der Waals surface area (Å²) >= 11 is 0. The number of hydrogen-bond donors (Lipinski definition) is 1. The van der Waals surface area contributed by atoms with E-state index in [0.29, 0.717) is 29.4 Å². The predicted octanol–water partition coefficient (Wildman–Crippen LogP) is 3.14. The first kappa shape index (κ1) is 19.4. The number of carbonyl (C=O) groups excluding carboxylic acids is 1. The van der Waals surface area contributed by atoms with Gasteiger partial charge < -0.3 is 24.3 Å². The highest BCUT2D eigenvalue weighted by molar-refractivity contribution is 5.73. The number of hydrogen-bond acceptors (Lipinski definition) is 5. The van der Waals surface area contributed by atoms with E-state index in [1.165, 1.54) is 6.92 Å². The van der Waals surface area contributed by atoms with Crippen LogP contribution >= 0.6 is 0 Å². The highest BCUT2D eigenvalue weighted by atomic mass is 16.5. The lowest BCUT2D eigenvalue weighted by molar-refractivity contribution is -0.119. The quantitative estimate of drug-likeness (QED) is 0.784. The standard InChI is InChI=1S/C20H25NO5/c1-13(22)21-16(15-7-9-18(24-3)20(12-15)26-5)10-14-6-8-17(23-2)19(11-14)25-4/h6-9,11-12,16H,10H2,1-5H3,(H,21,22)/t16-/m0/s1. The minimum atomic E-state index is -0.217. The molecule has 1 N–H and O–H groups in total. The van der Waals surface area contributed by atoms with Crippen molar-refractivity contribution in [3.8, 4) is 23.0 Å². The van der Waals surface area contributed by atoms with Crippen molar-refractivity contribution >= 4 is 5.91 Å². The van der Waals surface area contributed by atoms with Crippen molar-refractivity contribution in [1.29, 1.82) is 0 Å². The maximum absolute atomic E-state index is 11.7. The molecule has 0 fully saturated rings. The van der Waals surface area contributed by atoms with Crippen LogP contribution in [-0.4, -0.2) is 34.3 Å². The molecule has 0 aromatic heterocycles. The first-order chi connectivity index (χ1) is 12.5. The van der Waals surface area contributed by atoms with Crippen molar-refractivity contribution in [3.05, 3.63) is 47.5 Å². The molecule has 0 heterocycles. The molecule has 1 atom stereocenters. The van der Waals surface area contributed by atoms with Crippen LogP contribution in [0.15, 0.2) is 36.4 Å². The van der Waals surface area contributed by atoms with Crippen molar-refractivity contribution in [1.82, 2.24) is 5.32 Å². The minimum absolute atomic E-state index is 0.106. The largest absolute Gasteiger partial charge is 0.493 e. The Hall–Kier alpha value is -2.89. The maximum Gasteiger partial charge on any atom is 0.217 e. The predicted molar refractivity (Wildman–Crippen MR) is 99.4 cm³/mol. The van der Waals surface area contributed by atoms with Gasteiger partial charge in [0.15, 0.2) is 23.0 Å². The fourth-order valence-electron chi connectivity index (χ4n) is 2.81. The van der Waals surface area contributed by atoms with E-state index >= 15 is 0 Å². The summed E-state index contributed by atoms with van der Waals surface area (Å²) in [6.07, 6.45) is 0.593. The van der Waals surface area contributed by atoms with Crippen LogP contribution in [-0.2, 0) is 11.2 Å². The van der Waals surface area contributed by atoms with E-state index in [0.717, 1.165) is 11.1 Å². The van der Waals surface area contributed by atoms with Gasteiger partial charge in [0.05, 0.1) is 34.5 Å². The van der Waals surface area contributed by atoms with Crippen LogP contribution in [0.25, 0.3) is 0 Å². The second-order valence-electron chi connectivity index (χ2n) is 5.76. The molecule has 0 spiro atoms. The van der Waals surface area contributed by atoms with Crippen LogP contribution in [0.1, 0.15) is 24.1 Å². The van der Waals surface area contributed by atoms with Gasteiger partial charge >= 0.3 is 0 Å². The van der Waals surface area contributed by atoms with Gasteiger partial charge in [0.1, 0.15) is 0 Å². The number of rotatable bonds is 8. The van der Waals surface area contributed by atoms with Crippen molar-refractivity contribution in [2.75, 3.05) is 28.4 Å². The lowest BCUT2D eigenvalue weighted by atomic mass is 9.98. The van der Waals surface area contributed by atoms with E-state index < -0.39 is 0 Å². The first-order valence-corrected chi connectivity index (χ1v) is 8.22. The van der Waals surface area contributed by atoms with Crippen LogP contribution in [0.5, 0.6) is 23.0 Å². The van der Waals surface area contributed by atoms with Gasteiger partial charge in [-0.25, -0.2) is 0 Å². The van der Waals surface area contributed by atoms with Gasteiger partial charge in [-0.3, -0.25) is 4.79 Å². The zero-order chi connectivity index (χ0) is 19.1. The molecule has 0 saturated heterocycles. The minimum Gasteiger partial charge on any atom is -0.493 e. The molecule has 0 bridgehead atoms. The molecule has 0 aliphatic rings. The molecular weight excluding hydrogens is 334 g/mol. The Morgan fingerprint density at radius 3 is 1.92 bits per heavy atom. The Morgan fingerprint density at radius 2 is 1.38 bits per heavy atom. The third-order valence-electron chi connectivity index (χ3n) is 4.08. The number of benzene rings is 2. The molecule has 2 rings (SSSR count). The Kier molecular flexibility index (Phi) is 6.72. The van der Waals surface area contributed by atoms with Gasteiger partial charge in [-0.1, -0.05) is 12.1 Å². The van der Waals surface area contributed by atoms with Gasteiger partial charge in [-0.2, -0.15) is 0 Å². The summed E-state index contributed by atoms with van der Waals surface area (Å²) in [6, 6.07) is 11.1. The Bertz CT molecular complexity index is 760. The van der Waals surface area contributed by atoms with Gasteiger partial charge in [0.2, 0.25) is 5.91 Å². The smallest absolute Gasteiger partial charge is 0.217 e. The zero-order valence-corrected chi connectivity index (χ0v) is 15.8. The molecule has 140 valence electrons. The Labute approximate surface area is 154 Å². The van der Waals surface area contributed by atoms with Crippen molar-refractivity contribution < 1.29 is 23.7 Å². The van der Waals surface area contributed by atoms with Crippen LogP contribution in [0.4, 0.5) is 0 Å². The van der Waals surface area contributed by atoms with Crippen molar-refractivity contribution in [2.24, 2.45) is 0 Å². The van der Waals surface area contributed by atoms with E-state index in [1.54, 1.807) is 28.4 Å². The van der Waals surface area contributed by atoms with Crippen LogP contribution < -0.4 is 24.3 Å². The number of methoxy groups -OCH3 is 4. The normalized spacial score (nSPS) is 11.4. The highest BCUT2D eigenvalue weighted by Gasteiger charge is 2.17. The van der Waals surface area contributed by atoms with E-state index in [4.69, 9.17) is 18.9 Å². The second-order valence-corrected chi connectivity index (χ2v) is 5.76. The second kappa shape index (κ2) is 8.99. The van der Waals surface area contributed by atoms with Gasteiger partial charge in [-0.05, 0) is 41.8 Å². The van der Waals surface area contributed by atoms with Gasteiger partial charge in [0, 0.05) is 6.92 Å². The molecule has 0 unspecified atom stereocenters. The molecule has 6 heteroatoms. The van der Waals surface area contributed by atoms with Gasteiger partial charge in [-0.15, -0.1) is 0 Å².